The highest BCUT2D eigenvalue weighted by molar-refractivity contribution is 5.95. The van der Waals surface area contributed by atoms with E-state index in [1.165, 1.54) is 0 Å². The molecule has 3 amide bonds. The molecule has 7 nitrogen and oxygen atoms in total. The first-order valence-corrected chi connectivity index (χ1v) is 8.66. The zero-order valence-corrected chi connectivity index (χ0v) is 15.1. The van der Waals surface area contributed by atoms with Gasteiger partial charge in [0.25, 0.3) is 5.91 Å². The van der Waals surface area contributed by atoms with Crippen molar-refractivity contribution >= 4 is 11.9 Å². The van der Waals surface area contributed by atoms with Gasteiger partial charge >= 0.3 is 6.03 Å². The molecule has 1 aliphatic rings. The number of carbonyl (C=O) groups is 2. The quantitative estimate of drug-likeness (QED) is 0.903. The molecule has 3 heterocycles. The number of nitrogens with zero attached hydrogens (tertiary/aromatic N) is 4. The number of nitrogens with one attached hydrogen (secondary N) is 1. The van der Waals surface area contributed by atoms with Gasteiger partial charge in [-0.1, -0.05) is 6.07 Å². The third-order valence-corrected chi connectivity index (χ3v) is 4.43. The molecule has 0 atom stereocenters. The second kappa shape index (κ2) is 7.95. The van der Waals surface area contributed by atoms with Crippen LogP contribution in [0, 0.1) is 0 Å². The predicted molar refractivity (Wildman–Crippen MR) is 97.7 cm³/mol. The minimum absolute atomic E-state index is 0.0270. The van der Waals surface area contributed by atoms with Gasteiger partial charge in [-0.15, -0.1) is 0 Å². The lowest BCUT2D eigenvalue weighted by molar-refractivity contribution is 0.0952. The number of hydrogen-bond donors (Lipinski definition) is 1. The predicted octanol–water partition coefficient (Wildman–Crippen LogP) is 1.49. The molecule has 0 unspecified atom stereocenters. The number of carbonyl (C=O) groups excluding carboxylic acids is 2. The maximum absolute atomic E-state index is 12.6. The molecule has 136 valence electrons. The van der Waals surface area contributed by atoms with Gasteiger partial charge in [-0.2, -0.15) is 0 Å². The van der Waals surface area contributed by atoms with Crippen LogP contribution in [0.2, 0.25) is 0 Å². The van der Waals surface area contributed by atoms with Crippen molar-refractivity contribution in [1.29, 1.82) is 0 Å². The maximum atomic E-state index is 12.6. The van der Waals surface area contributed by atoms with E-state index in [0.29, 0.717) is 38.0 Å². The smallest absolute Gasteiger partial charge is 0.319 e. The van der Waals surface area contributed by atoms with E-state index in [4.69, 9.17) is 0 Å². The molecule has 0 fully saturated rings. The summed E-state index contributed by atoms with van der Waals surface area (Å²) in [4.78, 5) is 36.5. The Morgan fingerprint density at radius 2 is 2.12 bits per heavy atom. The molecule has 1 N–H and O–H groups in total. The van der Waals surface area contributed by atoms with Crippen molar-refractivity contribution in [2.45, 2.75) is 19.4 Å². The van der Waals surface area contributed by atoms with Crippen LogP contribution in [0.4, 0.5) is 4.79 Å². The zero-order valence-electron chi connectivity index (χ0n) is 15.1. The molecule has 0 saturated heterocycles. The largest absolute Gasteiger partial charge is 0.352 e. The van der Waals surface area contributed by atoms with Gasteiger partial charge in [0.05, 0.1) is 5.56 Å². The van der Waals surface area contributed by atoms with E-state index >= 15 is 0 Å². The Labute approximate surface area is 153 Å². The number of fused-ring (bicyclic) bond motifs is 1. The van der Waals surface area contributed by atoms with Crippen LogP contribution in [-0.4, -0.2) is 58.9 Å². The minimum Gasteiger partial charge on any atom is -0.352 e. The van der Waals surface area contributed by atoms with Crippen LogP contribution in [-0.2, 0) is 19.4 Å². The van der Waals surface area contributed by atoms with E-state index in [0.717, 1.165) is 16.8 Å². The fourth-order valence-corrected chi connectivity index (χ4v) is 3.08. The summed E-state index contributed by atoms with van der Waals surface area (Å²) in [6, 6.07) is 5.71. The van der Waals surface area contributed by atoms with Crippen molar-refractivity contribution in [2.24, 2.45) is 0 Å². The van der Waals surface area contributed by atoms with Crippen LogP contribution in [0.5, 0.6) is 0 Å². The third kappa shape index (κ3) is 3.99. The van der Waals surface area contributed by atoms with Crippen LogP contribution in [0.3, 0.4) is 0 Å². The first-order valence-electron chi connectivity index (χ1n) is 8.66. The Hall–Kier alpha value is -2.96. The topological polar surface area (TPSA) is 78.4 Å². The molecular weight excluding hydrogens is 330 g/mol. The summed E-state index contributed by atoms with van der Waals surface area (Å²) >= 11 is 0. The highest BCUT2D eigenvalue weighted by Gasteiger charge is 2.25. The van der Waals surface area contributed by atoms with Gasteiger partial charge in [0.1, 0.15) is 0 Å². The van der Waals surface area contributed by atoms with Crippen LogP contribution in [0.15, 0.2) is 36.8 Å². The third-order valence-electron chi connectivity index (χ3n) is 4.43. The molecular formula is C19H23N5O2. The lowest BCUT2D eigenvalue weighted by atomic mass is 9.97. The molecule has 3 rings (SSSR count). The molecule has 0 bridgehead atoms. The molecule has 2 aromatic heterocycles. The minimum atomic E-state index is -0.127. The summed E-state index contributed by atoms with van der Waals surface area (Å²) in [6.45, 7) is 1.60. The summed E-state index contributed by atoms with van der Waals surface area (Å²) in [5, 5.41) is 2.94. The maximum Gasteiger partial charge on any atom is 0.319 e. The van der Waals surface area contributed by atoms with E-state index in [1.807, 2.05) is 18.2 Å². The lowest BCUT2D eigenvalue weighted by Crippen LogP contribution is -2.42. The number of rotatable bonds is 4. The van der Waals surface area contributed by atoms with E-state index in [-0.39, 0.29) is 11.9 Å². The average Bonchev–Trinajstić information content (AvgIpc) is 2.67. The Morgan fingerprint density at radius 1 is 1.27 bits per heavy atom. The van der Waals surface area contributed by atoms with Gasteiger partial charge in [-0.25, -0.2) is 4.79 Å². The number of hydrogen-bond acceptors (Lipinski definition) is 4. The lowest BCUT2D eigenvalue weighted by Gasteiger charge is -2.31. The second-order valence-corrected chi connectivity index (χ2v) is 6.50. The molecule has 0 saturated carbocycles. The molecule has 26 heavy (non-hydrogen) atoms. The van der Waals surface area contributed by atoms with E-state index in [9.17, 15) is 9.59 Å². The van der Waals surface area contributed by atoms with E-state index in [2.05, 4.69) is 15.3 Å². The zero-order chi connectivity index (χ0) is 18.5. The molecule has 0 aliphatic carbocycles. The fourth-order valence-electron chi connectivity index (χ4n) is 3.08. The Kier molecular flexibility index (Phi) is 5.46. The summed E-state index contributed by atoms with van der Waals surface area (Å²) in [5.41, 5.74) is 3.46. The fraction of sp³-hybridized carbons (Fsp3) is 0.368. The summed E-state index contributed by atoms with van der Waals surface area (Å²) in [5.74, 6) is -0.127. The van der Waals surface area contributed by atoms with Crippen molar-refractivity contribution in [2.75, 3.05) is 27.2 Å². The summed E-state index contributed by atoms with van der Waals surface area (Å²) < 4.78 is 0. The molecule has 0 aromatic carbocycles. The van der Waals surface area contributed by atoms with Crippen molar-refractivity contribution in [3.63, 3.8) is 0 Å². The number of amides is 3. The summed E-state index contributed by atoms with van der Waals surface area (Å²) in [7, 11) is 3.48. The first-order chi connectivity index (χ1) is 12.6. The van der Waals surface area contributed by atoms with Crippen LogP contribution < -0.4 is 5.32 Å². The van der Waals surface area contributed by atoms with Crippen molar-refractivity contribution in [3.8, 4) is 0 Å². The highest BCUT2D eigenvalue weighted by atomic mass is 16.2. The average molecular weight is 353 g/mol. The van der Waals surface area contributed by atoms with Crippen molar-refractivity contribution in [3.05, 3.63) is 59.2 Å². The normalized spacial score (nSPS) is 13.1. The number of pyridine rings is 2. The molecule has 7 heteroatoms. The van der Waals surface area contributed by atoms with Gasteiger partial charge in [-0.05, 0) is 29.7 Å². The molecule has 1 aliphatic heterocycles. The standard InChI is InChI=1S/C19H23N5O2/c1-23(2)19(26)24-10-7-16-14(13-24)11-20-12-17(16)18(25)22-9-6-15-5-3-4-8-21-15/h3-5,8,11-12H,6-7,9-10,13H2,1-2H3,(H,22,25). The summed E-state index contributed by atoms with van der Waals surface area (Å²) in [6.07, 6.45) is 6.43. The monoisotopic (exact) mass is 353 g/mol. The van der Waals surface area contributed by atoms with Crippen LogP contribution in [0.1, 0.15) is 27.2 Å². The Bertz CT molecular complexity index is 792. The highest BCUT2D eigenvalue weighted by Crippen LogP contribution is 2.22. The van der Waals surface area contributed by atoms with Gasteiger partial charge < -0.3 is 15.1 Å². The van der Waals surface area contributed by atoms with Gasteiger partial charge in [-0.3, -0.25) is 14.8 Å². The first kappa shape index (κ1) is 17.8. The Balaban J connectivity index is 1.65. The van der Waals surface area contributed by atoms with Gasteiger partial charge in [0, 0.05) is 64.4 Å². The molecule has 0 radical (unpaired) electrons. The van der Waals surface area contributed by atoms with Gasteiger partial charge in [0.15, 0.2) is 0 Å². The van der Waals surface area contributed by atoms with Crippen LogP contribution in [0.25, 0.3) is 0 Å². The van der Waals surface area contributed by atoms with Crippen LogP contribution >= 0.6 is 0 Å². The molecule has 2 aromatic rings. The SMILES string of the molecule is CN(C)C(=O)N1CCc2c(cncc2C(=O)NCCc2ccccn2)C1. The number of urea groups is 1. The number of aromatic nitrogens is 2. The molecule has 0 spiro atoms. The van der Waals surface area contributed by atoms with Gasteiger partial charge in [0.2, 0.25) is 0 Å². The van der Waals surface area contributed by atoms with E-state index in [1.54, 1.807) is 42.5 Å². The second-order valence-electron chi connectivity index (χ2n) is 6.50. The van der Waals surface area contributed by atoms with Crippen molar-refractivity contribution < 1.29 is 9.59 Å². The Morgan fingerprint density at radius 3 is 2.85 bits per heavy atom. The van der Waals surface area contributed by atoms with E-state index < -0.39 is 0 Å². The van der Waals surface area contributed by atoms with Crippen molar-refractivity contribution in [1.82, 2.24) is 25.1 Å².